The second-order valence-corrected chi connectivity index (χ2v) is 3.32. The highest BCUT2D eigenvalue weighted by molar-refractivity contribution is 6.45. The number of nitrogens with zero attached hydrogens (tertiary/aromatic N) is 2. The van der Waals surface area contributed by atoms with Crippen LogP contribution in [0.3, 0.4) is 0 Å². The fourth-order valence-electron chi connectivity index (χ4n) is 1.19. The van der Waals surface area contributed by atoms with Gasteiger partial charge >= 0.3 is 11.8 Å². The molecule has 16 heavy (non-hydrogen) atoms. The predicted molar refractivity (Wildman–Crippen MR) is 53.4 cm³/mol. The number of hydrogen-bond acceptors (Lipinski definition) is 5. The van der Waals surface area contributed by atoms with E-state index in [1.807, 2.05) is 6.92 Å². The number of carbonyl (C=O) groups excluding carboxylic acids is 2. The summed E-state index contributed by atoms with van der Waals surface area (Å²) in [7, 11) is 0. The molecular formula is C9H10N4O3. The van der Waals surface area contributed by atoms with E-state index in [1.54, 1.807) is 6.92 Å². The topological polar surface area (TPSA) is 96.6 Å². The molecule has 2 rings (SSSR count). The summed E-state index contributed by atoms with van der Waals surface area (Å²) in [4.78, 5) is 29.7. The minimum absolute atomic E-state index is 0.128. The van der Waals surface area contributed by atoms with Crippen LogP contribution in [0.4, 0.5) is 0 Å². The molecule has 0 bridgehead atoms. The van der Waals surface area contributed by atoms with Crippen LogP contribution >= 0.6 is 0 Å². The van der Waals surface area contributed by atoms with E-state index in [4.69, 9.17) is 4.42 Å². The molecule has 2 heterocycles. The van der Waals surface area contributed by atoms with Crippen molar-refractivity contribution in [3.8, 4) is 0 Å². The molecule has 1 aliphatic heterocycles. The number of aryl methyl sites for hydroxylation is 2. The van der Waals surface area contributed by atoms with Gasteiger partial charge in [0.15, 0.2) is 0 Å². The lowest BCUT2D eigenvalue weighted by Crippen LogP contribution is -2.25. The van der Waals surface area contributed by atoms with Crippen LogP contribution < -0.4 is 10.6 Å². The Kier molecular flexibility index (Phi) is 2.43. The lowest BCUT2D eigenvalue weighted by molar-refractivity contribution is -0.135. The summed E-state index contributed by atoms with van der Waals surface area (Å²) >= 11 is 0. The maximum absolute atomic E-state index is 10.8. The number of amides is 2. The van der Waals surface area contributed by atoms with Crippen molar-refractivity contribution in [2.45, 2.75) is 20.4 Å². The molecule has 1 fully saturated rings. The molecule has 0 aromatic carbocycles. The van der Waals surface area contributed by atoms with Crippen molar-refractivity contribution < 1.29 is 14.0 Å². The predicted octanol–water partition coefficient (Wildman–Crippen LogP) is -0.607. The van der Waals surface area contributed by atoms with Gasteiger partial charge in [0.1, 0.15) is 12.3 Å². The van der Waals surface area contributed by atoms with Crippen LogP contribution in [0, 0.1) is 13.8 Å². The zero-order chi connectivity index (χ0) is 11.7. The van der Waals surface area contributed by atoms with Crippen LogP contribution in [-0.4, -0.2) is 22.8 Å². The maximum Gasteiger partial charge on any atom is 0.316 e. The molecule has 0 atom stereocenters. The first-order chi connectivity index (χ1) is 7.56. The van der Waals surface area contributed by atoms with Crippen LogP contribution in [0.25, 0.3) is 0 Å². The molecule has 1 aromatic rings. The van der Waals surface area contributed by atoms with Gasteiger partial charge in [-0.1, -0.05) is 0 Å². The van der Waals surface area contributed by atoms with Crippen molar-refractivity contribution in [3.05, 3.63) is 17.3 Å². The van der Waals surface area contributed by atoms with Gasteiger partial charge in [-0.2, -0.15) is 0 Å². The van der Waals surface area contributed by atoms with E-state index < -0.39 is 11.8 Å². The molecule has 1 aromatic heterocycles. The van der Waals surface area contributed by atoms with Crippen molar-refractivity contribution in [2.75, 3.05) is 0 Å². The number of aliphatic imine (C=N–C) groups is 1. The van der Waals surface area contributed by atoms with Crippen molar-refractivity contribution in [3.63, 3.8) is 0 Å². The Morgan fingerprint density at radius 1 is 1.25 bits per heavy atom. The minimum atomic E-state index is -0.710. The fraction of sp³-hybridized carbons (Fsp3) is 0.333. The average Bonchev–Trinajstić information content (AvgIpc) is 2.70. The Morgan fingerprint density at radius 3 is 2.38 bits per heavy atom. The van der Waals surface area contributed by atoms with Crippen molar-refractivity contribution >= 4 is 17.8 Å². The molecule has 0 saturated carbocycles. The molecular weight excluding hydrogens is 212 g/mol. The Labute approximate surface area is 90.9 Å². The third-order valence-corrected chi connectivity index (χ3v) is 2.12. The molecule has 1 aliphatic rings. The van der Waals surface area contributed by atoms with Gasteiger partial charge in [-0.3, -0.25) is 20.2 Å². The minimum Gasteiger partial charge on any atom is -0.444 e. The largest absolute Gasteiger partial charge is 0.444 e. The molecule has 1 saturated heterocycles. The van der Waals surface area contributed by atoms with E-state index in [0.29, 0.717) is 5.89 Å². The number of guanidine groups is 1. The van der Waals surface area contributed by atoms with Gasteiger partial charge in [0.2, 0.25) is 11.9 Å². The van der Waals surface area contributed by atoms with Crippen molar-refractivity contribution in [1.82, 2.24) is 15.6 Å². The molecule has 0 spiro atoms. The van der Waals surface area contributed by atoms with Gasteiger partial charge in [-0.25, -0.2) is 9.98 Å². The van der Waals surface area contributed by atoms with Gasteiger partial charge in [-0.05, 0) is 13.8 Å². The van der Waals surface area contributed by atoms with Gasteiger partial charge in [0, 0.05) is 0 Å². The van der Waals surface area contributed by atoms with Crippen molar-refractivity contribution in [1.29, 1.82) is 0 Å². The smallest absolute Gasteiger partial charge is 0.316 e. The van der Waals surface area contributed by atoms with Gasteiger partial charge < -0.3 is 4.42 Å². The molecule has 7 heteroatoms. The standard InChI is InChI=1S/C9H10N4O3/c1-4-5(2)16-6(11-4)3-10-9-12-7(14)8(15)13-9/h3H2,1-2H3,(H2,10,12,13,14,15). The Morgan fingerprint density at radius 2 is 1.88 bits per heavy atom. The van der Waals surface area contributed by atoms with Gasteiger partial charge in [0.25, 0.3) is 0 Å². The van der Waals surface area contributed by atoms with E-state index in [2.05, 4.69) is 20.6 Å². The summed E-state index contributed by atoms with van der Waals surface area (Å²) in [6.45, 7) is 3.80. The van der Waals surface area contributed by atoms with Crippen LogP contribution in [0.1, 0.15) is 17.3 Å². The SMILES string of the molecule is Cc1nc(CN=C2NC(=O)C(=O)N2)oc1C. The monoisotopic (exact) mass is 222 g/mol. The number of carbonyl (C=O) groups is 2. The lowest BCUT2D eigenvalue weighted by Gasteiger charge is -1.93. The highest BCUT2D eigenvalue weighted by Crippen LogP contribution is 2.08. The third kappa shape index (κ3) is 1.92. The Hall–Kier alpha value is -2.18. The number of rotatable bonds is 2. The third-order valence-electron chi connectivity index (χ3n) is 2.12. The number of hydrogen-bond donors (Lipinski definition) is 2. The summed E-state index contributed by atoms with van der Waals surface area (Å²) in [6, 6.07) is 0. The van der Waals surface area contributed by atoms with E-state index in [-0.39, 0.29) is 12.5 Å². The van der Waals surface area contributed by atoms with E-state index >= 15 is 0 Å². The molecule has 2 amide bonds. The molecule has 0 aliphatic carbocycles. The van der Waals surface area contributed by atoms with Gasteiger partial charge in [0.05, 0.1) is 5.69 Å². The maximum atomic E-state index is 10.8. The highest BCUT2D eigenvalue weighted by atomic mass is 16.4. The normalized spacial score (nSPS) is 15.0. The van der Waals surface area contributed by atoms with Crippen LogP contribution in [0.15, 0.2) is 9.41 Å². The zero-order valence-electron chi connectivity index (χ0n) is 8.83. The number of nitrogens with one attached hydrogen (secondary N) is 2. The van der Waals surface area contributed by atoms with Crippen LogP contribution in [0.5, 0.6) is 0 Å². The highest BCUT2D eigenvalue weighted by Gasteiger charge is 2.25. The zero-order valence-corrected chi connectivity index (χ0v) is 8.83. The molecule has 0 radical (unpaired) electrons. The molecule has 0 unspecified atom stereocenters. The first kappa shape index (κ1) is 10.3. The summed E-state index contributed by atoms with van der Waals surface area (Å²) < 4.78 is 5.28. The fourth-order valence-corrected chi connectivity index (χ4v) is 1.19. The van der Waals surface area contributed by atoms with Crippen LogP contribution in [-0.2, 0) is 16.1 Å². The first-order valence-electron chi connectivity index (χ1n) is 4.66. The van der Waals surface area contributed by atoms with Crippen molar-refractivity contribution in [2.24, 2.45) is 4.99 Å². The average molecular weight is 222 g/mol. The molecule has 2 N–H and O–H groups in total. The first-order valence-corrected chi connectivity index (χ1v) is 4.66. The summed E-state index contributed by atoms with van der Waals surface area (Å²) in [5.74, 6) is -0.117. The van der Waals surface area contributed by atoms with E-state index in [9.17, 15) is 9.59 Å². The van der Waals surface area contributed by atoms with E-state index in [1.165, 1.54) is 0 Å². The summed E-state index contributed by atoms with van der Waals surface area (Å²) in [5.41, 5.74) is 0.801. The number of oxazole rings is 1. The van der Waals surface area contributed by atoms with E-state index in [0.717, 1.165) is 11.5 Å². The number of aromatic nitrogens is 1. The summed E-state index contributed by atoms with van der Waals surface area (Å²) in [5, 5.41) is 4.55. The second kappa shape index (κ2) is 3.76. The molecule has 84 valence electrons. The Balaban J connectivity index is 2.04. The second-order valence-electron chi connectivity index (χ2n) is 3.32. The molecule has 7 nitrogen and oxygen atoms in total. The summed E-state index contributed by atoms with van der Waals surface area (Å²) in [6.07, 6.45) is 0. The van der Waals surface area contributed by atoms with Gasteiger partial charge in [-0.15, -0.1) is 0 Å². The van der Waals surface area contributed by atoms with Crippen LogP contribution in [0.2, 0.25) is 0 Å². The quantitative estimate of drug-likeness (QED) is 0.652. The lowest BCUT2D eigenvalue weighted by atomic mass is 10.4. The Bertz CT molecular complexity index is 451.